The van der Waals surface area contributed by atoms with E-state index in [1.165, 1.54) is 5.56 Å². The molecular formula is C24H23N3O3S. The predicted molar refractivity (Wildman–Crippen MR) is 126 cm³/mol. The standard InChI is InChI=1S/C24H23N3O3S/c1-16-4-7-21(8-5-16)31(30-3)27-17-6-9-23-22(14-17)24(10-11-25-23)26-18-12-19(28)15-20(13-18)29-2/h4-15,28H,1-3H3,(H,25,26). The maximum Gasteiger partial charge on any atom is 0.124 e. The second-order valence-electron chi connectivity index (χ2n) is 6.92. The van der Waals surface area contributed by atoms with Crippen LogP contribution in [0, 0.1) is 6.92 Å². The Hall–Kier alpha value is -3.42. The first kappa shape index (κ1) is 20.8. The molecule has 0 fully saturated rings. The number of hydrogen-bond donors (Lipinski definition) is 2. The van der Waals surface area contributed by atoms with Crippen LogP contribution in [0.3, 0.4) is 0 Å². The summed E-state index contributed by atoms with van der Waals surface area (Å²) in [6, 6.07) is 21.0. The number of aromatic hydroxyl groups is 1. The Balaban J connectivity index is 1.73. The molecule has 0 saturated heterocycles. The lowest BCUT2D eigenvalue weighted by atomic mass is 10.1. The van der Waals surface area contributed by atoms with E-state index in [-0.39, 0.29) is 5.75 Å². The lowest BCUT2D eigenvalue weighted by molar-refractivity contribution is 0.408. The van der Waals surface area contributed by atoms with Crippen molar-refractivity contribution in [3.63, 3.8) is 0 Å². The number of nitrogens with zero attached hydrogens (tertiary/aromatic N) is 2. The van der Waals surface area contributed by atoms with Crippen LogP contribution in [0.1, 0.15) is 5.56 Å². The first-order chi connectivity index (χ1) is 15.1. The Labute approximate surface area is 183 Å². The first-order valence-corrected chi connectivity index (χ1v) is 10.8. The lowest BCUT2D eigenvalue weighted by Gasteiger charge is -2.12. The van der Waals surface area contributed by atoms with E-state index in [0.29, 0.717) is 11.4 Å². The van der Waals surface area contributed by atoms with E-state index in [1.807, 2.05) is 42.5 Å². The number of nitrogens with one attached hydrogen (secondary N) is 1. The minimum absolute atomic E-state index is 0.123. The highest BCUT2D eigenvalue weighted by atomic mass is 32.2. The van der Waals surface area contributed by atoms with E-state index in [0.717, 1.165) is 27.2 Å². The minimum Gasteiger partial charge on any atom is -0.508 e. The Bertz CT molecular complexity index is 1260. The molecule has 0 aliphatic heterocycles. The second-order valence-corrected chi connectivity index (χ2v) is 8.41. The lowest BCUT2D eigenvalue weighted by Crippen LogP contribution is -1.95. The molecule has 0 amide bonds. The molecule has 6 nitrogen and oxygen atoms in total. The van der Waals surface area contributed by atoms with Crippen molar-refractivity contribution >= 4 is 38.9 Å². The van der Waals surface area contributed by atoms with E-state index in [1.54, 1.807) is 32.5 Å². The molecule has 4 rings (SSSR count). The Morgan fingerprint density at radius 2 is 1.77 bits per heavy atom. The van der Waals surface area contributed by atoms with Crippen LogP contribution >= 0.6 is 0 Å². The van der Waals surface area contributed by atoms with Gasteiger partial charge >= 0.3 is 0 Å². The summed E-state index contributed by atoms with van der Waals surface area (Å²) in [4.78, 5) is 5.48. The molecule has 0 aliphatic rings. The zero-order valence-corrected chi connectivity index (χ0v) is 18.3. The van der Waals surface area contributed by atoms with E-state index in [4.69, 9.17) is 13.3 Å². The summed E-state index contributed by atoms with van der Waals surface area (Å²) in [6.07, 6.45) is 1.74. The summed E-state index contributed by atoms with van der Waals surface area (Å²) >= 11 is 0. The van der Waals surface area contributed by atoms with Crippen LogP contribution in [0.4, 0.5) is 17.1 Å². The van der Waals surface area contributed by atoms with Gasteiger partial charge in [-0.2, -0.15) is 4.36 Å². The van der Waals surface area contributed by atoms with Crippen LogP contribution in [0.15, 0.2) is 82.2 Å². The van der Waals surface area contributed by atoms with Crippen LogP contribution in [0.2, 0.25) is 0 Å². The summed E-state index contributed by atoms with van der Waals surface area (Å²) < 4.78 is 15.7. The zero-order valence-electron chi connectivity index (χ0n) is 17.5. The van der Waals surface area contributed by atoms with Gasteiger partial charge in [0.2, 0.25) is 0 Å². The van der Waals surface area contributed by atoms with Gasteiger partial charge in [0, 0.05) is 46.1 Å². The van der Waals surface area contributed by atoms with Crippen molar-refractivity contribution in [1.82, 2.24) is 4.98 Å². The van der Waals surface area contributed by atoms with Crippen molar-refractivity contribution in [3.05, 3.63) is 78.5 Å². The smallest absolute Gasteiger partial charge is 0.124 e. The Kier molecular flexibility index (Phi) is 6.16. The molecule has 0 spiro atoms. The van der Waals surface area contributed by atoms with Gasteiger partial charge in [0.1, 0.15) is 11.5 Å². The molecule has 0 saturated carbocycles. The zero-order chi connectivity index (χ0) is 21.8. The number of phenols is 1. The van der Waals surface area contributed by atoms with Crippen LogP contribution in [0.5, 0.6) is 11.5 Å². The highest BCUT2D eigenvalue weighted by molar-refractivity contribution is 7.82. The van der Waals surface area contributed by atoms with Crippen molar-refractivity contribution < 1.29 is 14.0 Å². The fourth-order valence-electron chi connectivity index (χ4n) is 3.17. The van der Waals surface area contributed by atoms with Crippen LogP contribution < -0.4 is 10.1 Å². The SMILES string of the molecule is COc1cc(O)cc(Nc2ccnc3ccc(N=S(OC)c4ccc(C)cc4)cc23)c1. The second kappa shape index (κ2) is 9.16. The van der Waals surface area contributed by atoms with E-state index in [2.05, 4.69) is 29.4 Å². The van der Waals surface area contributed by atoms with E-state index < -0.39 is 11.0 Å². The molecule has 0 radical (unpaired) electrons. The fraction of sp³-hybridized carbons (Fsp3) is 0.125. The number of phenolic OH excluding ortho intramolecular Hbond substituents is 1. The van der Waals surface area contributed by atoms with Gasteiger partial charge in [-0.3, -0.25) is 4.98 Å². The molecule has 7 heteroatoms. The number of benzene rings is 3. The van der Waals surface area contributed by atoms with Gasteiger partial charge in [-0.15, -0.1) is 0 Å². The highest BCUT2D eigenvalue weighted by Gasteiger charge is 2.08. The third kappa shape index (κ3) is 4.84. The summed E-state index contributed by atoms with van der Waals surface area (Å²) in [7, 11) is 2.51. The number of ether oxygens (including phenoxy) is 1. The maximum atomic E-state index is 9.95. The number of pyridine rings is 1. The van der Waals surface area contributed by atoms with Gasteiger partial charge in [0.05, 0.1) is 36.4 Å². The minimum atomic E-state index is -0.714. The van der Waals surface area contributed by atoms with Gasteiger partial charge in [-0.25, -0.2) is 0 Å². The molecule has 4 aromatic rings. The van der Waals surface area contributed by atoms with Crippen LogP contribution in [0.25, 0.3) is 10.9 Å². The summed E-state index contributed by atoms with van der Waals surface area (Å²) in [5, 5.41) is 14.2. The summed E-state index contributed by atoms with van der Waals surface area (Å²) in [5.74, 6) is 0.692. The molecule has 1 heterocycles. The van der Waals surface area contributed by atoms with Crippen molar-refractivity contribution in [2.24, 2.45) is 4.36 Å². The van der Waals surface area contributed by atoms with Gasteiger partial charge in [0.15, 0.2) is 0 Å². The third-order valence-electron chi connectivity index (χ3n) is 4.70. The van der Waals surface area contributed by atoms with Gasteiger partial charge in [-0.05, 0) is 43.3 Å². The van der Waals surface area contributed by atoms with Crippen molar-refractivity contribution in [2.75, 3.05) is 19.5 Å². The maximum absolute atomic E-state index is 9.95. The number of anilines is 2. The molecule has 2 N–H and O–H groups in total. The van der Waals surface area contributed by atoms with Crippen LogP contribution in [-0.4, -0.2) is 24.3 Å². The van der Waals surface area contributed by atoms with Crippen molar-refractivity contribution in [3.8, 4) is 11.5 Å². The monoisotopic (exact) mass is 433 g/mol. The van der Waals surface area contributed by atoms with Crippen molar-refractivity contribution in [2.45, 2.75) is 11.8 Å². The fourth-order valence-corrected chi connectivity index (χ4v) is 4.21. The molecule has 1 atom stereocenters. The molecule has 31 heavy (non-hydrogen) atoms. The Morgan fingerprint density at radius 3 is 2.52 bits per heavy atom. The van der Waals surface area contributed by atoms with Gasteiger partial charge in [-0.1, -0.05) is 17.7 Å². The third-order valence-corrected chi connectivity index (χ3v) is 6.07. The summed E-state index contributed by atoms with van der Waals surface area (Å²) in [5.41, 5.74) is 4.39. The van der Waals surface area contributed by atoms with Gasteiger partial charge in [0.25, 0.3) is 0 Å². The number of rotatable bonds is 6. The van der Waals surface area contributed by atoms with Crippen molar-refractivity contribution in [1.29, 1.82) is 0 Å². The number of fused-ring (bicyclic) bond motifs is 1. The first-order valence-electron chi connectivity index (χ1n) is 9.67. The number of hydrogen-bond acceptors (Lipinski definition) is 6. The topological polar surface area (TPSA) is 76.0 Å². The summed E-state index contributed by atoms with van der Waals surface area (Å²) in [6.45, 7) is 2.05. The molecule has 0 aliphatic carbocycles. The average Bonchev–Trinajstić information content (AvgIpc) is 2.78. The number of aromatic nitrogens is 1. The van der Waals surface area contributed by atoms with Crippen LogP contribution in [-0.2, 0) is 15.2 Å². The molecule has 1 unspecified atom stereocenters. The molecule has 1 aromatic heterocycles. The Morgan fingerprint density at radius 1 is 0.968 bits per heavy atom. The van der Waals surface area contributed by atoms with Gasteiger partial charge < -0.3 is 19.3 Å². The largest absolute Gasteiger partial charge is 0.508 e. The predicted octanol–water partition coefficient (Wildman–Crippen LogP) is 6.05. The van der Waals surface area contributed by atoms with E-state index >= 15 is 0 Å². The quantitative estimate of drug-likeness (QED) is 0.387. The highest BCUT2D eigenvalue weighted by Crippen LogP contribution is 2.32. The number of aryl methyl sites for hydroxylation is 1. The molecule has 0 bridgehead atoms. The van der Waals surface area contributed by atoms with E-state index in [9.17, 15) is 5.11 Å². The average molecular weight is 434 g/mol. The number of methoxy groups -OCH3 is 1. The molecule has 3 aromatic carbocycles. The normalized spacial score (nSPS) is 12.1. The molecule has 158 valence electrons. The molecular weight excluding hydrogens is 410 g/mol.